The first-order valence-electron chi connectivity index (χ1n) is 12.4. The third-order valence-corrected chi connectivity index (χ3v) is 7.90. The maximum absolute atomic E-state index is 11.8. The van der Waals surface area contributed by atoms with Gasteiger partial charge in [-0.1, -0.05) is 36.4 Å². The van der Waals surface area contributed by atoms with Crippen molar-refractivity contribution in [1.29, 1.82) is 0 Å². The van der Waals surface area contributed by atoms with E-state index in [-0.39, 0.29) is 12.1 Å². The van der Waals surface area contributed by atoms with Gasteiger partial charge in [-0.2, -0.15) is 0 Å². The molecule has 0 radical (unpaired) electrons. The van der Waals surface area contributed by atoms with Crippen molar-refractivity contribution >= 4 is 38.7 Å². The van der Waals surface area contributed by atoms with E-state index >= 15 is 0 Å². The number of anilines is 2. The third kappa shape index (κ3) is 5.16. The third-order valence-electron chi connectivity index (χ3n) is 7.00. The second-order valence-corrected chi connectivity index (χ2v) is 11.9. The summed E-state index contributed by atoms with van der Waals surface area (Å²) in [4.78, 5) is 6.79. The monoisotopic (exact) mass is 545 g/mol. The zero-order valence-electron chi connectivity index (χ0n) is 21.8. The van der Waals surface area contributed by atoms with Gasteiger partial charge in [0.25, 0.3) is 0 Å². The van der Waals surface area contributed by atoms with Gasteiger partial charge in [-0.15, -0.1) is 0 Å². The molecule has 9 heteroatoms. The van der Waals surface area contributed by atoms with Crippen LogP contribution in [-0.2, 0) is 16.6 Å². The van der Waals surface area contributed by atoms with E-state index in [0.717, 1.165) is 35.3 Å². The van der Waals surface area contributed by atoms with E-state index in [1.54, 1.807) is 12.3 Å². The average molecular weight is 546 g/mol. The molecule has 2 atom stereocenters. The number of pyridine rings is 1. The van der Waals surface area contributed by atoms with Crippen LogP contribution in [0.3, 0.4) is 0 Å². The molecule has 0 spiro atoms. The predicted molar refractivity (Wildman–Crippen MR) is 157 cm³/mol. The molecule has 2 aromatic carbocycles. The second-order valence-electron chi connectivity index (χ2n) is 9.77. The summed E-state index contributed by atoms with van der Waals surface area (Å²) in [5, 5.41) is 4.12. The molecular weight excluding hydrogens is 514 g/mol. The highest BCUT2D eigenvalue weighted by atomic mass is 32.2. The molecule has 7 nitrogen and oxygen atoms in total. The molecule has 5 rings (SSSR count). The van der Waals surface area contributed by atoms with E-state index in [1.807, 2.05) is 43.3 Å². The number of hydrogen-bond acceptors (Lipinski definition) is 4. The molecule has 1 fully saturated rings. The molecule has 0 unspecified atom stereocenters. The first-order valence-corrected chi connectivity index (χ1v) is 14.7. The summed E-state index contributed by atoms with van der Waals surface area (Å²) in [5.41, 5.74) is 7.89. The van der Waals surface area contributed by atoms with Crippen LogP contribution in [0.25, 0.3) is 0 Å². The molecule has 1 saturated heterocycles. The van der Waals surface area contributed by atoms with E-state index in [1.165, 1.54) is 17.0 Å². The van der Waals surface area contributed by atoms with E-state index in [0.29, 0.717) is 10.8 Å². The lowest BCUT2D eigenvalue weighted by Crippen LogP contribution is -2.29. The molecule has 2 aromatic heterocycles. The minimum atomic E-state index is -3.39. The standard InChI is InChI=1S/C29H31N5O2S2/c1-19-16-23(13-14-25(19)32-38(4,35)36)34-28(27(31-29(34)37)26-12-8-9-15-30-26)24-17-20(2)33(21(24)3)18-22-10-6-5-7-11-22/h5-17,27-28,32H,18H2,1-4H3,(H,31,37)/t27-,28-/m0/s1. The zero-order valence-corrected chi connectivity index (χ0v) is 23.5. The highest BCUT2D eigenvalue weighted by molar-refractivity contribution is 7.92. The maximum atomic E-state index is 11.8. The van der Waals surface area contributed by atoms with Crippen molar-refractivity contribution in [3.63, 3.8) is 0 Å². The van der Waals surface area contributed by atoms with Gasteiger partial charge in [0.05, 0.1) is 29.7 Å². The van der Waals surface area contributed by atoms with Crippen LogP contribution in [0.5, 0.6) is 0 Å². The van der Waals surface area contributed by atoms with Gasteiger partial charge in [0.15, 0.2) is 5.11 Å². The number of aryl methyl sites for hydroxylation is 2. The molecule has 2 N–H and O–H groups in total. The average Bonchev–Trinajstić information content (AvgIpc) is 3.36. The fraction of sp³-hybridized carbons (Fsp3) is 0.241. The van der Waals surface area contributed by atoms with Crippen molar-refractivity contribution in [2.75, 3.05) is 15.9 Å². The topological polar surface area (TPSA) is 79.3 Å². The number of sulfonamides is 1. The molecule has 196 valence electrons. The Hall–Kier alpha value is -3.69. The molecule has 1 aliphatic heterocycles. The SMILES string of the molecule is Cc1cc(N2C(=S)N[C@@H](c3ccccn3)[C@@H]2c2cc(C)n(Cc3ccccc3)c2C)ccc1NS(C)(=O)=O. The Morgan fingerprint density at radius 3 is 2.39 bits per heavy atom. The smallest absolute Gasteiger partial charge is 0.229 e. The molecule has 0 amide bonds. The van der Waals surface area contributed by atoms with Gasteiger partial charge in [0, 0.05) is 29.8 Å². The summed E-state index contributed by atoms with van der Waals surface area (Å²) in [6, 6.07) is 24.0. The quantitative estimate of drug-likeness (QED) is 0.303. The van der Waals surface area contributed by atoms with Gasteiger partial charge in [-0.3, -0.25) is 9.71 Å². The van der Waals surface area contributed by atoms with E-state index in [9.17, 15) is 8.42 Å². The Balaban J connectivity index is 1.60. The second kappa shape index (κ2) is 10.2. The number of nitrogens with one attached hydrogen (secondary N) is 2. The maximum Gasteiger partial charge on any atom is 0.229 e. The summed E-state index contributed by atoms with van der Waals surface area (Å²) in [6.07, 6.45) is 2.95. The molecular formula is C29H31N5O2S2. The molecule has 0 bridgehead atoms. The van der Waals surface area contributed by atoms with Gasteiger partial charge in [-0.05, 0) is 86.1 Å². The van der Waals surface area contributed by atoms with Gasteiger partial charge >= 0.3 is 0 Å². The summed E-state index contributed by atoms with van der Waals surface area (Å²) in [5.74, 6) is 0. The van der Waals surface area contributed by atoms with E-state index < -0.39 is 10.0 Å². The fourth-order valence-corrected chi connectivity index (χ4v) is 6.17. The molecule has 4 aromatic rings. The molecule has 1 aliphatic rings. The van der Waals surface area contributed by atoms with Crippen LogP contribution in [-0.4, -0.2) is 29.3 Å². The van der Waals surface area contributed by atoms with Crippen LogP contribution >= 0.6 is 12.2 Å². The minimum absolute atomic E-state index is 0.152. The largest absolute Gasteiger partial charge is 0.351 e. The van der Waals surface area contributed by atoms with Crippen molar-refractivity contribution in [1.82, 2.24) is 14.9 Å². The van der Waals surface area contributed by atoms with Crippen LogP contribution in [0, 0.1) is 20.8 Å². The van der Waals surface area contributed by atoms with Crippen LogP contribution in [0.4, 0.5) is 11.4 Å². The van der Waals surface area contributed by atoms with Gasteiger partial charge < -0.3 is 14.8 Å². The van der Waals surface area contributed by atoms with Crippen LogP contribution < -0.4 is 14.9 Å². The van der Waals surface area contributed by atoms with Crippen molar-refractivity contribution in [2.24, 2.45) is 0 Å². The number of aromatic nitrogens is 2. The Kier molecular flexibility index (Phi) is 6.98. The summed E-state index contributed by atoms with van der Waals surface area (Å²) in [7, 11) is -3.39. The van der Waals surface area contributed by atoms with Crippen LogP contribution in [0.2, 0.25) is 0 Å². The molecule has 38 heavy (non-hydrogen) atoms. The Labute approximate surface area is 229 Å². The summed E-state index contributed by atoms with van der Waals surface area (Å²) >= 11 is 5.90. The van der Waals surface area contributed by atoms with Crippen molar-refractivity contribution in [3.8, 4) is 0 Å². The molecule has 0 saturated carbocycles. The number of rotatable bonds is 7. The lowest BCUT2D eigenvalue weighted by atomic mass is 9.96. The van der Waals surface area contributed by atoms with Crippen LogP contribution in [0.1, 0.15) is 45.9 Å². The highest BCUT2D eigenvalue weighted by Crippen LogP contribution is 2.44. The lowest BCUT2D eigenvalue weighted by Gasteiger charge is -2.29. The van der Waals surface area contributed by atoms with Gasteiger partial charge in [0.2, 0.25) is 10.0 Å². The van der Waals surface area contributed by atoms with Crippen molar-refractivity contribution in [3.05, 3.63) is 113 Å². The van der Waals surface area contributed by atoms with Crippen molar-refractivity contribution in [2.45, 2.75) is 39.4 Å². The lowest BCUT2D eigenvalue weighted by molar-refractivity contribution is 0.563. The number of benzene rings is 2. The van der Waals surface area contributed by atoms with Crippen molar-refractivity contribution < 1.29 is 8.42 Å². The number of hydrogen-bond donors (Lipinski definition) is 2. The summed E-state index contributed by atoms with van der Waals surface area (Å²) < 4.78 is 28.6. The van der Waals surface area contributed by atoms with E-state index in [2.05, 4.69) is 68.7 Å². The Morgan fingerprint density at radius 1 is 1.00 bits per heavy atom. The first kappa shape index (κ1) is 25.9. The normalized spacial score (nSPS) is 17.5. The summed E-state index contributed by atoms with van der Waals surface area (Å²) in [6.45, 7) is 6.96. The Bertz CT molecular complexity index is 1580. The molecule has 3 heterocycles. The first-order chi connectivity index (χ1) is 18.1. The highest BCUT2D eigenvalue weighted by Gasteiger charge is 2.42. The van der Waals surface area contributed by atoms with E-state index in [4.69, 9.17) is 12.2 Å². The van der Waals surface area contributed by atoms with Crippen LogP contribution in [0.15, 0.2) is 79.0 Å². The predicted octanol–water partition coefficient (Wildman–Crippen LogP) is 5.41. The zero-order chi connectivity index (χ0) is 27.0. The number of thiocarbonyl (C=S) groups is 1. The number of nitrogens with zero attached hydrogens (tertiary/aromatic N) is 3. The Morgan fingerprint density at radius 2 is 1.74 bits per heavy atom. The molecule has 0 aliphatic carbocycles. The van der Waals surface area contributed by atoms with Gasteiger partial charge in [0.1, 0.15) is 0 Å². The fourth-order valence-electron chi connectivity index (χ4n) is 5.20. The minimum Gasteiger partial charge on any atom is -0.351 e. The van der Waals surface area contributed by atoms with Gasteiger partial charge in [-0.25, -0.2) is 8.42 Å².